The molecule has 3 N–H and O–H groups in total. The molecule has 0 aromatic carbocycles. The second kappa shape index (κ2) is 5.20. The first-order valence-corrected chi connectivity index (χ1v) is 2.85. The molecule has 0 aliphatic heterocycles. The molecule has 0 heterocycles. The van der Waals surface area contributed by atoms with Crippen LogP contribution < -0.4 is 5.73 Å². The van der Waals surface area contributed by atoms with Gasteiger partial charge in [-0.15, -0.1) is 0 Å². The lowest BCUT2D eigenvalue weighted by Crippen LogP contribution is -1.86. The normalized spacial score (nSPS) is 10.2. The topological polar surface area (TPSA) is 46.2 Å². The maximum atomic E-state index is 8.58. The Labute approximate surface area is 55.4 Å². The molecule has 0 aromatic rings. The van der Waals surface area contributed by atoms with Crippen LogP contribution in [0.25, 0.3) is 0 Å². The van der Waals surface area contributed by atoms with Crippen molar-refractivity contribution in [1.29, 1.82) is 0 Å². The molecule has 0 aliphatic carbocycles. The van der Waals surface area contributed by atoms with Crippen molar-refractivity contribution in [2.45, 2.75) is 13.3 Å². The number of aliphatic hydroxyl groups excluding tert-OH is 1. The van der Waals surface area contributed by atoms with Crippen LogP contribution in [0.15, 0.2) is 11.6 Å². The van der Waals surface area contributed by atoms with Crippen LogP contribution in [-0.2, 0) is 0 Å². The van der Waals surface area contributed by atoms with Crippen molar-refractivity contribution in [3.8, 4) is 12.0 Å². The predicted molar refractivity (Wildman–Crippen MR) is 37.4 cm³/mol. The zero-order valence-corrected chi connectivity index (χ0v) is 5.52. The van der Waals surface area contributed by atoms with E-state index >= 15 is 0 Å². The smallest absolute Gasteiger partial charge is 0.0650 e. The lowest BCUT2D eigenvalue weighted by molar-refractivity contribution is 0.328. The Balaban J connectivity index is 3.86. The molecule has 0 rings (SSSR count). The Morgan fingerprint density at radius 2 is 2.44 bits per heavy atom. The summed E-state index contributed by atoms with van der Waals surface area (Å²) in [5.74, 6) is 2.56. The second-order valence-electron chi connectivity index (χ2n) is 1.60. The van der Waals surface area contributed by atoms with Gasteiger partial charge in [0.2, 0.25) is 0 Å². The summed E-state index contributed by atoms with van der Waals surface area (Å²) in [5.41, 5.74) is 5.81. The SMILES string of the molecule is CC/C(=C\C#CN)CO. The second-order valence-corrected chi connectivity index (χ2v) is 1.60. The van der Waals surface area contributed by atoms with Crippen LogP contribution in [0, 0.1) is 12.0 Å². The highest BCUT2D eigenvalue weighted by Gasteiger charge is 1.85. The molecule has 0 unspecified atom stereocenters. The molecule has 0 spiro atoms. The van der Waals surface area contributed by atoms with Gasteiger partial charge in [-0.25, -0.2) is 0 Å². The van der Waals surface area contributed by atoms with Crippen molar-refractivity contribution in [1.82, 2.24) is 0 Å². The predicted octanol–water partition coefficient (Wildman–Crippen LogP) is 0.235. The van der Waals surface area contributed by atoms with E-state index in [0.29, 0.717) is 0 Å². The van der Waals surface area contributed by atoms with Crippen LogP contribution >= 0.6 is 0 Å². The molecule has 2 nitrogen and oxygen atoms in total. The number of nitrogens with two attached hydrogens (primary N) is 1. The van der Waals surface area contributed by atoms with E-state index in [9.17, 15) is 0 Å². The molecule has 0 saturated heterocycles. The summed E-state index contributed by atoms with van der Waals surface area (Å²) in [5, 5.41) is 8.58. The summed E-state index contributed by atoms with van der Waals surface area (Å²) in [4.78, 5) is 0. The Bertz CT molecular complexity index is 144. The molecule has 0 radical (unpaired) electrons. The van der Waals surface area contributed by atoms with Crippen molar-refractivity contribution in [3.05, 3.63) is 11.6 Å². The monoisotopic (exact) mass is 125 g/mol. The zero-order valence-electron chi connectivity index (χ0n) is 5.52. The first kappa shape index (κ1) is 8.06. The minimum atomic E-state index is 0.0746. The summed E-state index contributed by atoms with van der Waals surface area (Å²) >= 11 is 0. The van der Waals surface area contributed by atoms with Crippen LogP contribution in [0.5, 0.6) is 0 Å². The minimum Gasteiger partial charge on any atom is -0.392 e. The van der Waals surface area contributed by atoms with E-state index in [1.54, 1.807) is 6.08 Å². The van der Waals surface area contributed by atoms with Gasteiger partial charge in [-0.2, -0.15) is 0 Å². The van der Waals surface area contributed by atoms with Crippen LogP contribution in [0.2, 0.25) is 0 Å². The van der Waals surface area contributed by atoms with Gasteiger partial charge in [-0.05, 0) is 18.1 Å². The first-order chi connectivity index (χ1) is 4.35. The number of hydrogen-bond donors (Lipinski definition) is 2. The third-order valence-corrected chi connectivity index (χ3v) is 1.02. The van der Waals surface area contributed by atoms with Crippen LogP contribution in [0.1, 0.15) is 13.3 Å². The molecule has 0 atom stereocenters. The fraction of sp³-hybridized carbons (Fsp3) is 0.429. The van der Waals surface area contributed by atoms with E-state index in [2.05, 4.69) is 12.0 Å². The van der Waals surface area contributed by atoms with Gasteiger partial charge in [0.1, 0.15) is 0 Å². The molecule has 0 aliphatic rings. The quantitative estimate of drug-likeness (QED) is 0.410. The summed E-state index contributed by atoms with van der Waals surface area (Å²) in [7, 11) is 0. The van der Waals surface area contributed by atoms with E-state index in [1.807, 2.05) is 6.92 Å². The van der Waals surface area contributed by atoms with Crippen molar-refractivity contribution in [3.63, 3.8) is 0 Å². The van der Waals surface area contributed by atoms with Crippen LogP contribution in [0.3, 0.4) is 0 Å². The number of hydrogen-bond acceptors (Lipinski definition) is 2. The number of allylic oxidation sites excluding steroid dienone is 1. The Morgan fingerprint density at radius 1 is 1.78 bits per heavy atom. The van der Waals surface area contributed by atoms with Gasteiger partial charge in [-0.1, -0.05) is 12.8 Å². The molecule has 0 saturated carbocycles. The van der Waals surface area contributed by atoms with Gasteiger partial charge in [0.05, 0.1) is 6.61 Å². The van der Waals surface area contributed by atoms with Gasteiger partial charge in [0, 0.05) is 6.04 Å². The molecule has 0 fully saturated rings. The largest absolute Gasteiger partial charge is 0.392 e. The molecule has 2 heteroatoms. The summed E-state index contributed by atoms with van der Waals surface area (Å²) < 4.78 is 0. The summed E-state index contributed by atoms with van der Waals surface area (Å²) in [6.07, 6.45) is 2.46. The minimum absolute atomic E-state index is 0.0746. The maximum Gasteiger partial charge on any atom is 0.0650 e. The Kier molecular flexibility index (Phi) is 4.66. The average Bonchev–Trinajstić information content (AvgIpc) is 1.91. The molecule has 0 amide bonds. The molecular formula is C7H11NO. The fourth-order valence-electron chi connectivity index (χ4n) is 0.403. The Morgan fingerprint density at radius 3 is 2.78 bits per heavy atom. The average molecular weight is 125 g/mol. The van der Waals surface area contributed by atoms with Gasteiger partial charge in [0.15, 0.2) is 0 Å². The summed E-state index contributed by atoms with van der Waals surface area (Å²) in [6, 6.07) is 2.23. The highest BCUT2D eigenvalue weighted by molar-refractivity contribution is 5.19. The van der Waals surface area contributed by atoms with E-state index in [0.717, 1.165) is 12.0 Å². The molecule has 0 aromatic heterocycles. The number of aliphatic hydroxyl groups is 1. The van der Waals surface area contributed by atoms with E-state index in [1.165, 1.54) is 0 Å². The van der Waals surface area contributed by atoms with E-state index in [-0.39, 0.29) is 6.61 Å². The standard InChI is InChI=1S/C7H11NO/c1-2-7(6-9)4-3-5-8/h4,9H,2,6,8H2,1H3/b7-4+. The molecule has 9 heavy (non-hydrogen) atoms. The Hall–Kier alpha value is -0.940. The number of rotatable bonds is 2. The lowest BCUT2D eigenvalue weighted by atomic mass is 10.2. The van der Waals surface area contributed by atoms with Gasteiger partial charge < -0.3 is 10.8 Å². The van der Waals surface area contributed by atoms with Crippen molar-refractivity contribution >= 4 is 0 Å². The highest BCUT2D eigenvalue weighted by Crippen LogP contribution is 1.95. The van der Waals surface area contributed by atoms with Gasteiger partial charge in [0.25, 0.3) is 0 Å². The summed E-state index contributed by atoms with van der Waals surface area (Å²) in [6.45, 7) is 2.03. The van der Waals surface area contributed by atoms with Crippen molar-refractivity contribution in [2.24, 2.45) is 5.73 Å². The van der Waals surface area contributed by atoms with Gasteiger partial charge >= 0.3 is 0 Å². The van der Waals surface area contributed by atoms with Gasteiger partial charge in [-0.3, -0.25) is 0 Å². The molecule has 0 bridgehead atoms. The fourth-order valence-corrected chi connectivity index (χ4v) is 0.403. The third kappa shape index (κ3) is 3.63. The van der Waals surface area contributed by atoms with Crippen molar-refractivity contribution < 1.29 is 5.11 Å². The zero-order chi connectivity index (χ0) is 7.11. The molecule has 50 valence electrons. The third-order valence-electron chi connectivity index (χ3n) is 1.02. The molecular weight excluding hydrogens is 114 g/mol. The van der Waals surface area contributed by atoms with E-state index in [4.69, 9.17) is 10.8 Å². The lowest BCUT2D eigenvalue weighted by Gasteiger charge is -1.92. The van der Waals surface area contributed by atoms with Crippen molar-refractivity contribution in [2.75, 3.05) is 6.61 Å². The van der Waals surface area contributed by atoms with E-state index < -0.39 is 0 Å². The van der Waals surface area contributed by atoms with Crippen LogP contribution in [-0.4, -0.2) is 11.7 Å². The highest BCUT2D eigenvalue weighted by atomic mass is 16.3. The maximum absolute atomic E-state index is 8.58. The van der Waals surface area contributed by atoms with Crippen LogP contribution in [0.4, 0.5) is 0 Å². The first-order valence-electron chi connectivity index (χ1n) is 2.85.